The molecule has 1 aliphatic carbocycles. The van der Waals surface area contributed by atoms with E-state index in [2.05, 4.69) is 46.8 Å². The molecule has 26 heteroatoms. The van der Waals surface area contributed by atoms with Gasteiger partial charge in [-0.05, 0) is 57.3 Å². The molecule has 0 radical (unpaired) electrons. The number of rotatable bonds is 76. The van der Waals surface area contributed by atoms with Crippen molar-refractivity contribution in [1.82, 2.24) is 0 Å². The summed E-state index contributed by atoms with van der Waals surface area (Å²) in [6, 6.07) is 0. The van der Waals surface area contributed by atoms with E-state index in [-0.39, 0.29) is 25.7 Å². The van der Waals surface area contributed by atoms with Crippen LogP contribution in [0.1, 0.15) is 407 Å². The molecule has 0 bridgehead atoms. The lowest BCUT2D eigenvalue weighted by Gasteiger charge is -2.50. The highest BCUT2D eigenvalue weighted by Crippen LogP contribution is 2.49. The summed E-state index contributed by atoms with van der Waals surface area (Å²) < 4.78 is 73.4. The van der Waals surface area contributed by atoms with Gasteiger partial charge in [-0.1, -0.05) is 342 Å². The predicted molar refractivity (Wildman–Crippen MR) is 453 cm³/mol. The molecule has 2 heterocycles. The zero-order valence-corrected chi connectivity index (χ0v) is 74.3. The SMILES string of the molecule is CCCCCCCC/C=C\CCCCCC(=O)OC(COC(=O)CCCCCCCCCCCCCCC)COP(=O)(O)OC1C(OC2OC(CO)C(O)C(O)C2O)C(O)C(O)C(OC(=O)CCCCCCCCCCCCCCCCCC)C1OC1OC(COC(=O)CCCCCCCCC(C)CCCCCCCC)C(O)C(O)C1O. The highest BCUT2D eigenvalue weighted by molar-refractivity contribution is 7.47. The smallest absolute Gasteiger partial charge is 0.463 e. The largest absolute Gasteiger partial charge is 0.472 e. The zero-order valence-electron chi connectivity index (χ0n) is 73.4. The lowest BCUT2D eigenvalue weighted by atomic mass is 9.84. The number of allylic oxidation sites excluding steroid dienone is 2. The van der Waals surface area contributed by atoms with Crippen molar-refractivity contribution in [3.05, 3.63) is 12.2 Å². The minimum absolute atomic E-state index is 0.0155. The van der Waals surface area contributed by atoms with Crippen molar-refractivity contribution in [3.63, 3.8) is 0 Å². The summed E-state index contributed by atoms with van der Waals surface area (Å²) in [4.78, 5) is 66.5. The van der Waals surface area contributed by atoms with Gasteiger partial charge in [-0.3, -0.25) is 28.2 Å². The standard InChI is InChI=1S/C91H169O25P/c1-6-10-14-18-22-25-28-31-32-33-36-39-42-45-53-59-65-77(96)113-86-82(101)83(102)87(114-90-84(103)80(99)78(97)72(66-92)111-90)89(88(86)115-91-85(104)81(100)79(98)73(112-91)69-108-75(94)63-57-51-47-46-49-55-61-70(5)60-54-48-21-17-13-9-4)116-117(105,106)109-68-71(110-76(95)64-58-52-44-41-38-35-30-27-24-20-16-12-8-3)67-107-74(93)62-56-50-43-40-37-34-29-26-23-19-15-11-7-2/h35,38,70-73,78-92,97-104H,6-34,36-37,39-69H2,1-5H3,(H,105,106)/b38-35-. The maximum absolute atomic E-state index is 14.9. The van der Waals surface area contributed by atoms with E-state index < -0.39 is 162 Å². The number of aliphatic hydroxyl groups excluding tert-OH is 9. The Hall–Kier alpha value is -2.79. The van der Waals surface area contributed by atoms with Crippen LogP contribution in [0.5, 0.6) is 0 Å². The number of unbranched alkanes of at least 4 members (excludes halogenated alkanes) is 46. The predicted octanol–water partition coefficient (Wildman–Crippen LogP) is 17.4. The fraction of sp³-hybridized carbons (Fsp3) is 0.934. The lowest BCUT2D eigenvalue weighted by molar-refractivity contribution is -0.360. The first kappa shape index (κ1) is 108. The summed E-state index contributed by atoms with van der Waals surface area (Å²) in [6.45, 7) is 7.92. The Bertz CT molecular complexity index is 2500. The van der Waals surface area contributed by atoms with Crippen LogP contribution < -0.4 is 0 Å². The van der Waals surface area contributed by atoms with E-state index in [0.717, 1.165) is 122 Å². The van der Waals surface area contributed by atoms with Crippen molar-refractivity contribution in [2.75, 3.05) is 26.4 Å². The highest BCUT2D eigenvalue weighted by atomic mass is 31.2. The third-order valence-electron chi connectivity index (χ3n) is 23.4. The summed E-state index contributed by atoms with van der Waals surface area (Å²) in [5.41, 5.74) is 0. The van der Waals surface area contributed by atoms with Gasteiger partial charge in [0.2, 0.25) is 0 Å². The fourth-order valence-corrected chi connectivity index (χ4v) is 16.8. The summed E-state index contributed by atoms with van der Waals surface area (Å²) >= 11 is 0. The van der Waals surface area contributed by atoms with Gasteiger partial charge in [0.1, 0.15) is 92.6 Å². The Kier molecular flexibility index (Phi) is 64.4. The van der Waals surface area contributed by atoms with Crippen LogP contribution in [0.15, 0.2) is 12.2 Å². The molecular formula is C91H169O25P. The van der Waals surface area contributed by atoms with Gasteiger partial charge in [0.25, 0.3) is 0 Å². The summed E-state index contributed by atoms with van der Waals surface area (Å²) in [7, 11) is -5.81. The normalized spacial score (nSPS) is 25.3. The van der Waals surface area contributed by atoms with Gasteiger partial charge < -0.3 is 88.7 Å². The highest BCUT2D eigenvalue weighted by Gasteiger charge is 2.60. The molecule has 0 aromatic heterocycles. The lowest BCUT2D eigenvalue weighted by Crippen LogP contribution is -2.70. The number of carbonyl (C=O) groups excluding carboxylic acids is 4. The number of phosphoric ester groups is 1. The van der Waals surface area contributed by atoms with Gasteiger partial charge in [0.05, 0.1) is 13.2 Å². The van der Waals surface area contributed by atoms with Crippen LogP contribution in [0.25, 0.3) is 0 Å². The minimum Gasteiger partial charge on any atom is -0.463 e. The van der Waals surface area contributed by atoms with Gasteiger partial charge in [0.15, 0.2) is 24.8 Å². The van der Waals surface area contributed by atoms with E-state index in [1.807, 2.05) is 0 Å². The maximum Gasteiger partial charge on any atom is 0.472 e. The third kappa shape index (κ3) is 50.1. The van der Waals surface area contributed by atoms with Gasteiger partial charge >= 0.3 is 31.7 Å². The summed E-state index contributed by atoms with van der Waals surface area (Å²) in [5, 5.41) is 102. The number of phosphoric acid groups is 1. The van der Waals surface area contributed by atoms with Gasteiger partial charge in [-0.2, -0.15) is 0 Å². The molecule has 19 atom stereocenters. The minimum atomic E-state index is -5.81. The van der Waals surface area contributed by atoms with E-state index in [0.29, 0.717) is 44.4 Å². The number of carbonyl (C=O) groups is 4. The van der Waals surface area contributed by atoms with Crippen molar-refractivity contribution in [1.29, 1.82) is 0 Å². The first-order valence-electron chi connectivity index (χ1n) is 47.3. The summed E-state index contributed by atoms with van der Waals surface area (Å²) in [6.07, 6.45) is 26.4. The Morgan fingerprint density at radius 1 is 0.359 bits per heavy atom. The van der Waals surface area contributed by atoms with Gasteiger partial charge in [-0.15, -0.1) is 0 Å². The third-order valence-corrected chi connectivity index (χ3v) is 24.4. The average Bonchev–Trinajstić information content (AvgIpc) is 0.754. The quantitative estimate of drug-likeness (QED) is 0.00889. The number of ether oxygens (including phenoxy) is 8. The molecule has 688 valence electrons. The molecule has 0 amide bonds. The molecule has 3 rings (SSSR count). The molecule has 0 spiro atoms. The molecule has 3 aliphatic rings. The van der Waals surface area contributed by atoms with Crippen molar-refractivity contribution >= 4 is 31.7 Å². The van der Waals surface area contributed by atoms with E-state index in [1.165, 1.54) is 186 Å². The van der Waals surface area contributed by atoms with Gasteiger partial charge in [0, 0.05) is 25.7 Å². The van der Waals surface area contributed by atoms with Crippen LogP contribution in [0.4, 0.5) is 0 Å². The Balaban J connectivity index is 1.92. The first-order valence-corrected chi connectivity index (χ1v) is 48.8. The average molecular weight is 1690 g/mol. The summed E-state index contributed by atoms with van der Waals surface area (Å²) in [5.74, 6) is -2.29. The first-order chi connectivity index (χ1) is 56.6. The van der Waals surface area contributed by atoms with Crippen LogP contribution in [0, 0.1) is 5.92 Å². The molecular weight excluding hydrogens is 1520 g/mol. The molecule has 1 saturated carbocycles. The second-order valence-electron chi connectivity index (χ2n) is 34.2. The molecule has 10 N–H and O–H groups in total. The number of hydrogen-bond acceptors (Lipinski definition) is 24. The second kappa shape index (κ2) is 69.5. The molecule has 117 heavy (non-hydrogen) atoms. The molecule has 3 fully saturated rings. The second-order valence-corrected chi connectivity index (χ2v) is 35.6. The molecule has 2 aliphatic heterocycles. The molecule has 0 aromatic carbocycles. The van der Waals surface area contributed by atoms with Gasteiger partial charge in [-0.25, -0.2) is 4.57 Å². The van der Waals surface area contributed by atoms with E-state index in [1.54, 1.807) is 0 Å². The maximum atomic E-state index is 14.9. The number of esters is 4. The van der Waals surface area contributed by atoms with Crippen LogP contribution in [0.2, 0.25) is 0 Å². The van der Waals surface area contributed by atoms with Crippen molar-refractivity contribution < 1.29 is 122 Å². The van der Waals surface area contributed by atoms with E-state index >= 15 is 0 Å². The Morgan fingerprint density at radius 3 is 1.11 bits per heavy atom. The number of hydrogen-bond donors (Lipinski definition) is 10. The van der Waals surface area contributed by atoms with Crippen LogP contribution in [-0.2, 0) is 70.7 Å². The molecule has 0 aromatic rings. The zero-order chi connectivity index (χ0) is 85.5. The van der Waals surface area contributed by atoms with Crippen molar-refractivity contribution in [3.8, 4) is 0 Å². The molecule has 19 unspecified atom stereocenters. The fourth-order valence-electron chi connectivity index (χ4n) is 15.8. The Morgan fingerprint density at radius 2 is 0.692 bits per heavy atom. The molecule has 2 saturated heterocycles. The monoisotopic (exact) mass is 1690 g/mol. The van der Waals surface area contributed by atoms with E-state index in [9.17, 15) is 74.6 Å². The topological polar surface area (TPSA) is 380 Å². The van der Waals surface area contributed by atoms with Crippen molar-refractivity contribution in [2.45, 2.75) is 511 Å². The van der Waals surface area contributed by atoms with Crippen LogP contribution >= 0.6 is 7.82 Å². The van der Waals surface area contributed by atoms with Crippen LogP contribution in [0.3, 0.4) is 0 Å². The van der Waals surface area contributed by atoms with Crippen molar-refractivity contribution in [2.24, 2.45) is 5.92 Å². The molecule has 25 nitrogen and oxygen atoms in total. The number of aliphatic hydroxyl groups is 9. The Labute approximate surface area is 705 Å². The van der Waals surface area contributed by atoms with E-state index in [4.69, 9.17) is 46.9 Å². The van der Waals surface area contributed by atoms with Crippen LogP contribution in [-0.4, -0.2) is 205 Å².